The molecule has 1 aromatic heterocycles. The second-order valence-electron chi connectivity index (χ2n) is 5.88. The molecule has 2 aromatic carbocycles. The standard InChI is InChI=1S/C17H17N3O2S2/c21-24(22,16-6-5-13-3-1-2-4-14(13)11-16)19-15-7-9-20(12-15)17-18-8-10-23-17/h1-6,8,10-11,15,19H,7,9,12H2. The minimum absolute atomic E-state index is 0.0922. The van der Waals surface area contributed by atoms with Crippen molar-refractivity contribution >= 4 is 37.3 Å². The molecule has 1 saturated heterocycles. The SMILES string of the molecule is O=S(=O)(NC1CCN(c2nccs2)C1)c1ccc2ccccc2c1. The molecule has 1 atom stereocenters. The lowest BCUT2D eigenvalue weighted by atomic mass is 10.1. The topological polar surface area (TPSA) is 62.3 Å². The Balaban J connectivity index is 1.52. The summed E-state index contributed by atoms with van der Waals surface area (Å²) in [6, 6.07) is 12.9. The van der Waals surface area contributed by atoms with Gasteiger partial charge in [0.25, 0.3) is 0 Å². The summed E-state index contributed by atoms with van der Waals surface area (Å²) in [6.45, 7) is 1.47. The maximum Gasteiger partial charge on any atom is 0.240 e. The van der Waals surface area contributed by atoms with Gasteiger partial charge < -0.3 is 4.90 Å². The molecule has 0 amide bonds. The van der Waals surface area contributed by atoms with Crippen LogP contribution in [0.25, 0.3) is 10.8 Å². The largest absolute Gasteiger partial charge is 0.346 e. The molecule has 5 nitrogen and oxygen atoms in total. The van der Waals surface area contributed by atoms with E-state index in [1.54, 1.807) is 29.7 Å². The number of sulfonamides is 1. The lowest BCUT2D eigenvalue weighted by Gasteiger charge is -2.16. The zero-order valence-electron chi connectivity index (χ0n) is 12.9. The molecule has 24 heavy (non-hydrogen) atoms. The molecule has 3 aromatic rings. The molecule has 1 unspecified atom stereocenters. The van der Waals surface area contributed by atoms with Crippen molar-refractivity contribution in [3.63, 3.8) is 0 Å². The molecule has 1 aliphatic rings. The Morgan fingerprint density at radius 2 is 2.00 bits per heavy atom. The second-order valence-corrected chi connectivity index (χ2v) is 8.46. The molecule has 0 spiro atoms. The first-order chi connectivity index (χ1) is 11.6. The molecule has 124 valence electrons. The van der Waals surface area contributed by atoms with Crippen molar-refractivity contribution in [2.45, 2.75) is 17.4 Å². The fraction of sp³-hybridized carbons (Fsp3) is 0.235. The lowest BCUT2D eigenvalue weighted by Crippen LogP contribution is -2.37. The molecular formula is C17H17N3O2S2. The fourth-order valence-electron chi connectivity index (χ4n) is 3.02. The smallest absolute Gasteiger partial charge is 0.240 e. The molecule has 0 radical (unpaired) electrons. The maximum atomic E-state index is 12.7. The molecule has 4 rings (SSSR count). The number of anilines is 1. The summed E-state index contributed by atoms with van der Waals surface area (Å²) in [6.07, 6.45) is 2.55. The zero-order valence-corrected chi connectivity index (χ0v) is 14.6. The first kappa shape index (κ1) is 15.6. The number of thiazole rings is 1. The highest BCUT2D eigenvalue weighted by Gasteiger charge is 2.28. The van der Waals surface area contributed by atoms with Crippen LogP contribution in [0.4, 0.5) is 5.13 Å². The molecule has 1 aliphatic heterocycles. The van der Waals surface area contributed by atoms with Crippen molar-refractivity contribution < 1.29 is 8.42 Å². The van der Waals surface area contributed by atoms with Crippen LogP contribution in [0.15, 0.2) is 58.9 Å². The molecule has 1 N–H and O–H groups in total. The lowest BCUT2D eigenvalue weighted by molar-refractivity contribution is 0.561. The first-order valence-electron chi connectivity index (χ1n) is 7.77. The third-order valence-corrected chi connectivity index (χ3v) is 6.58. The van der Waals surface area contributed by atoms with Crippen molar-refractivity contribution in [3.05, 3.63) is 54.0 Å². The Bertz CT molecular complexity index is 955. The van der Waals surface area contributed by atoms with Crippen molar-refractivity contribution in [2.24, 2.45) is 0 Å². The molecular weight excluding hydrogens is 342 g/mol. The highest BCUT2D eigenvalue weighted by molar-refractivity contribution is 7.89. The Morgan fingerprint density at radius 1 is 1.17 bits per heavy atom. The minimum Gasteiger partial charge on any atom is -0.346 e. The molecule has 1 fully saturated rings. The average Bonchev–Trinajstić information content (AvgIpc) is 3.25. The highest BCUT2D eigenvalue weighted by Crippen LogP contribution is 2.24. The van der Waals surface area contributed by atoms with E-state index in [9.17, 15) is 8.42 Å². The Labute approximate surface area is 145 Å². The number of benzene rings is 2. The fourth-order valence-corrected chi connectivity index (χ4v) is 5.00. The average molecular weight is 359 g/mol. The summed E-state index contributed by atoms with van der Waals surface area (Å²) in [5.74, 6) is 0. The summed E-state index contributed by atoms with van der Waals surface area (Å²) in [4.78, 5) is 6.73. The predicted molar refractivity (Wildman–Crippen MR) is 97.0 cm³/mol. The Kier molecular flexibility index (Phi) is 3.99. The summed E-state index contributed by atoms with van der Waals surface area (Å²) >= 11 is 1.58. The maximum absolute atomic E-state index is 12.7. The van der Waals surface area contributed by atoms with Gasteiger partial charge in [-0.15, -0.1) is 11.3 Å². The van der Waals surface area contributed by atoms with E-state index in [-0.39, 0.29) is 6.04 Å². The van der Waals surface area contributed by atoms with Gasteiger partial charge in [-0.3, -0.25) is 0 Å². The van der Waals surface area contributed by atoms with Gasteiger partial charge in [-0.2, -0.15) is 0 Å². The summed E-state index contributed by atoms with van der Waals surface area (Å²) < 4.78 is 28.2. The van der Waals surface area contributed by atoms with E-state index in [0.717, 1.165) is 28.9 Å². The van der Waals surface area contributed by atoms with Gasteiger partial charge in [0.2, 0.25) is 10.0 Å². The third-order valence-electron chi connectivity index (χ3n) is 4.23. The van der Waals surface area contributed by atoms with Gasteiger partial charge in [-0.1, -0.05) is 30.3 Å². The number of fused-ring (bicyclic) bond motifs is 1. The van der Waals surface area contributed by atoms with Crippen molar-refractivity contribution in [3.8, 4) is 0 Å². The van der Waals surface area contributed by atoms with Crippen molar-refractivity contribution in [1.82, 2.24) is 9.71 Å². The van der Waals surface area contributed by atoms with Crippen LogP contribution in [-0.4, -0.2) is 32.5 Å². The van der Waals surface area contributed by atoms with Gasteiger partial charge in [0.1, 0.15) is 0 Å². The van der Waals surface area contributed by atoms with Crippen molar-refractivity contribution in [1.29, 1.82) is 0 Å². The number of aromatic nitrogens is 1. The van der Waals surface area contributed by atoms with Gasteiger partial charge >= 0.3 is 0 Å². The van der Waals surface area contributed by atoms with Gasteiger partial charge in [0.15, 0.2) is 5.13 Å². The Hall–Kier alpha value is -1.96. The van der Waals surface area contributed by atoms with E-state index in [1.165, 1.54) is 0 Å². The monoisotopic (exact) mass is 359 g/mol. The van der Waals surface area contributed by atoms with E-state index in [1.807, 2.05) is 35.7 Å². The van der Waals surface area contributed by atoms with Gasteiger partial charge in [-0.25, -0.2) is 18.1 Å². The molecule has 0 saturated carbocycles. The Morgan fingerprint density at radius 3 is 2.79 bits per heavy atom. The van der Waals surface area contributed by atoms with Crippen LogP contribution in [0.2, 0.25) is 0 Å². The van der Waals surface area contributed by atoms with Crippen LogP contribution in [0, 0.1) is 0 Å². The van der Waals surface area contributed by atoms with Gasteiger partial charge in [0, 0.05) is 30.7 Å². The van der Waals surface area contributed by atoms with E-state index < -0.39 is 10.0 Å². The highest BCUT2D eigenvalue weighted by atomic mass is 32.2. The first-order valence-corrected chi connectivity index (χ1v) is 10.1. The van der Waals surface area contributed by atoms with Gasteiger partial charge in [-0.05, 0) is 29.3 Å². The van der Waals surface area contributed by atoms with E-state index in [4.69, 9.17) is 0 Å². The molecule has 2 heterocycles. The van der Waals surface area contributed by atoms with Crippen LogP contribution in [0.3, 0.4) is 0 Å². The van der Waals surface area contributed by atoms with E-state index in [2.05, 4.69) is 14.6 Å². The molecule has 0 bridgehead atoms. The normalized spacial score (nSPS) is 18.3. The zero-order chi connectivity index (χ0) is 16.6. The minimum atomic E-state index is -3.52. The molecule has 7 heteroatoms. The van der Waals surface area contributed by atoms with Crippen LogP contribution >= 0.6 is 11.3 Å². The number of nitrogens with zero attached hydrogens (tertiary/aromatic N) is 2. The quantitative estimate of drug-likeness (QED) is 0.778. The number of hydrogen-bond acceptors (Lipinski definition) is 5. The van der Waals surface area contributed by atoms with Crippen molar-refractivity contribution in [2.75, 3.05) is 18.0 Å². The third kappa shape index (κ3) is 3.02. The number of hydrogen-bond donors (Lipinski definition) is 1. The molecule has 0 aliphatic carbocycles. The number of nitrogens with one attached hydrogen (secondary N) is 1. The van der Waals surface area contributed by atoms with Crippen LogP contribution in [0.1, 0.15) is 6.42 Å². The van der Waals surface area contributed by atoms with E-state index in [0.29, 0.717) is 11.4 Å². The predicted octanol–water partition coefficient (Wildman–Crippen LogP) is 2.85. The van der Waals surface area contributed by atoms with E-state index >= 15 is 0 Å². The summed E-state index contributed by atoms with van der Waals surface area (Å²) in [7, 11) is -3.52. The van der Waals surface area contributed by atoms with Crippen LogP contribution in [0.5, 0.6) is 0 Å². The summed E-state index contributed by atoms with van der Waals surface area (Å²) in [5.41, 5.74) is 0. The van der Waals surface area contributed by atoms with Crippen LogP contribution < -0.4 is 9.62 Å². The van der Waals surface area contributed by atoms with Crippen LogP contribution in [-0.2, 0) is 10.0 Å². The number of rotatable bonds is 4. The van der Waals surface area contributed by atoms with Gasteiger partial charge in [0.05, 0.1) is 4.90 Å². The summed E-state index contributed by atoms with van der Waals surface area (Å²) in [5, 5.41) is 4.84. The second kappa shape index (κ2) is 6.16.